The minimum atomic E-state index is -0.419. The highest BCUT2D eigenvalue weighted by Crippen LogP contribution is 2.27. The van der Waals surface area contributed by atoms with Crippen LogP contribution >= 0.6 is 23.2 Å². The summed E-state index contributed by atoms with van der Waals surface area (Å²) in [5.41, 5.74) is 4.93. The van der Waals surface area contributed by atoms with E-state index in [1.165, 1.54) is 6.21 Å². The van der Waals surface area contributed by atoms with Crippen LogP contribution in [0.5, 0.6) is 5.75 Å². The summed E-state index contributed by atoms with van der Waals surface area (Å²) in [4.78, 5) is 11.8. The molecule has 0 radical (unpaired) electrons. The maximum Gasteiger partial charge on any atom is 0.277 e. The number of amides is 1. The average Bonchev–Trinajstić information content (AvgIpc) is 3.10. The Labute approximate surface area is 159 Å². The minimum Gasteiger partial charge on any atom is -0.482 e. The Balaban J connectivity index is 1.56. The van der Waals surface area contributed by atoms with Crippen molar-refractivity contribution in [3.63, 3.8) is 0 Å². The molecule has 0 spiro atoms. The number of H-pyrrole nitrogens is 1. The molecule has 1 heterocycles. The summed E-state index contributed by atoms with van der Waals surface area (Å²) in [6.45, 7) is -0.227. The molecule has 132 valence electrons. The van der Waals surface area contributed by atoms with Crippen LogP contribution in [0.25, 0.3) is 11.3 Å². The highest BCUT2D eigenvalue weighted by Gasteiger charge is 2.07. The summed E-state index contributed by atoms with van der Waals surface area (Å²) in [6, 6.07) is 14.5. The predicted octanol–water partition coefficient (Wildman–Crippen LogP) is 3.91. The number of hydrazone groups is 1. The van der Waals surface area contributed by atoms with Crippen LogP contribution in [-0.4, -0.2) is 28.9 Å². The second-order valence-electron chi connectivity index (χ2n) is 5.22. The molecule has 6 nitrogen and oxygen atoms in total. The second kappa shape index (κ2) is 8.51. The first kappa shape index (κ1) is 18.0. The number of halogens is 2. The van der Waals surface area contributed by atoms with Crippen molar-refractivity contribution in [2.45, 2.75) is 0 Å². The molecule has 0 aliphatic heterocycles. The van der Waals surface area contributed by atoms with E-state index in [0.717, 1.165) is 16.8 Å². The van der Waals surface area contributed by atoms with Crippen molar-refractivity contribution >= 4 is 35.3 Å². The van der Waals surface area contributed by atoms with Crippen LogP contribution in [0.1, 0.15) is 5.56 Å². The quantitative estimate of drug-likeness (QED) is 0.496. The molecule has 3 aromatic rings. The van der Waals surface area contributed by atoms with E-state index in [0.29, 0.717) is 15.8 Å². The van der Waals surface area contributed by atoms with Gasteiger partial charge in [-0.15, -0.1) is 0 Å². The Morgan fingerprint density at radius 1 is 1.23 bits per heavy atom. The van der Waals surface area contributed by atoms with Crippen LogP contribution in [0.15, 0.2) is 59.8 Å². The largest absolute Gasteiger partial charge is 0.482 e. The fourth-order valence-electron chi connectivity index (χ4n) is 2.17. The van der Waals surface area contributed by atoms with Crippen molar-refractivity contribution in [3.05, 3.63) is 70.3 Å². The molecular weight excluding hydrogens is 375 g/mol. The van der Waals surface area contributed by atoms with Crippen LogP contribution < -0.4 is 10.2 Å². The SMILES string of the molecule is O=C(COc1ccc(Cl)cc1Cl)N/N=C\c1cn[nH]c1-c1ccccc1. The van der Waals surface area contributed by atoms with Gasteiger partial charge < -0.3 is 4.74 Å². The van der Waals surface area contributed by atoms with Gasteiger partial charge in [0.25, 0.3) is 5.91 Å². The third kappa shape index (κ3) is 4.62. The summed E-state index contributed by atoms with van der Waals surface area (Å²) >= 11 is 11.8. The van der Waals surface area contributed by atoms with Crippen molar-refractivity contribution < 1.29 is 9.53 Å². The summed E-state index contributed by atoms with van der Waals surface area (Å²) in [6.07, 6.45) is 3.14. The number of nitrogens with one attached hydrogen (secondary N) is 2. The van der Waals surface area contributed by atoms with E-state index < -0.39 is 5.91 Å². The molecule has 0 saturated carbocycles. The van der Waals surface area contributed by atoms with Crippen molar-refractivity contribution in [1.29, 1.82) is 0 Å². The topological polar surface area (TPSA) is 79.4 Å². The fraction of sp³-hybridized carbons (Fsp3) is 0.0556. The summed E-state index contributed by atoms with van der Waals surface area (Å²) in [5.74, 6) is -0.0478. The minimum absolute atomic E-state index is 0.227. The summed E-state index contributed by atoms with van der Waals surface area (Å²) in [7, 11) is 0. The molecule has 0 bridgehead atoms. The van der Waals surface area contributed by atoms with Gasteiger partial charge in [0.15, 0.2) is 6.61 Å². The highest BCUT2D eigenvalue weighted by molar-refractivity contribution is 6.35. The molecule has 8 heteroatoms. The number of rotatable bonds is 6. The lowest BCUT2D eigenvalue weighted by atomic mass is 10.1. The van der Waals surface area contributed by atoms with Gasteiger partial charge in [-0.05, 0) is 18.2 Å². The van der Waals surface area contributed by atoms with Gasteiger partial charge in [0.2, 0.25) is 0 Å². The summed E-state index contributed by atoms with van der Waals surface area (Å²) in [5, 5.41) is 11.7. The number of hydrogen-bond acceptors (Lipinski definition) is 4. The number of ether oxygens (including phenoxy) is 1. The summed E-state index contributed by atoms with van der Waals surface area (Å²) < 4.78 is 5.34. The number of carbonyl (C=O) groups is 1. The number of hydrogen-bond donors (Lipinski definition) is 2. The third-order valence-corrected chi connectivity index (χ3v) is 3.91. The molecular formula is C18H14Cl2N4O2. The van der Waals surface area contributed by atoms with E-state index in [-0.39, 0.29) is 6.61 Å². The van der Waals surface area contributed by atoms with Crippen LogP contribution in [0.3, 0.4) is 0 Å². The Morgan fingerprint density at radius 2 is 2.04 bits per heavy atom. The van der Waals surface area contributed by atoms with Gasteiger partial charge in [-0.2, -0.15) is 10.2 Å². The standard InChI is InChI=1S/C18H14Cl2N4O2/c19-14-6-7-16(15(20)8-14)26-11-17(25)23-21-9-13-10-22-24-18(13)12-4-2-1-3-5-12/h1-10H,11H2,(H,22,24)(H,23,25)/b21-9-. The second-order valence-corrected chi connectivity index (χ2v) is 6.07. The Kier molecular flexibility index (Phi) is 5.88. The van der Waals surface area contributed by atoms with E-state index in [2.05, 4.69) is 20.7 Å². The number of carbonyl (C=O) groups excluding carboxylic acids is 1. The lowest BCUT2D eigenvalue weighted by Crippen LogP contribution is -2.24. The lowest BCUT2D eigenvalue weighted by Gasteiger charge is -2.07. The Bertz CT molecular complexity index is 926. The van der Waals surface area contributed by atoms with Crippen LogP contribution in [0, 0.1) is 0 Å². The van der Waals surface area contributed by atoms with Crippen molar-refractivity contribution in [3.8, 4) is 17.0 Å². The molecule has 0 fully saturated rings. The van der Waals surface area contributed by atoms with Gasteiger partial charge in [0.1, 0.15) is 5.75 Å². The maximum atomic E-state index is 11.8. The molecule has 0 unspecified atom stereocenters. The fourth-order valence-corrected chi connectivity index (χ4v) is 2.63. The van der Waals surface area contributed by atoms with E-state index in [4.69, 9.17) is 27.9 Å². The normalized spacial score (nSPS) is 10.8. The van der Waals surface area contributed by atoms with Crippen LogP contribution in [-0.2, 0) is 4.79 Å². The van der Waals surface area contributed by atoms with Gasteiger partial charge in [-0.3, -0.25) is 9.89 Å². The molecule has 0 atom stereocenters. The van der Waals surface area contributed by atoms with Crippen LogP contribution in [0.2, 0.25) is 10.0 Å². The highest BCUT2D eigenvalue weighted by atomic mass is 35.5. The smallest absolute Gasteiger partial charge is 0.277 e. The molecule has 26 heavy (non-hydrogen) atoms. The number of aromatic amines is 1. The van der Waals surface area contributed by atoms with Crippen LogP contribution in [0.4, 0.5) is 0 Å². The van der Waals surface area contributed by atoms with Gasteiger partial charge >= 0.3 is 0 Å². The Hall–Kier alpha value is -2.83. The average molecular weight is 389 g/mol. The number of nitrogens with zero attached hydrogens (tertiary/aromatic N) is 2. The molecule has 3 rings (SSSR count). The molecule has 0 aliphatic rings. The number of benzene rings is 2. The van der Waals surface area contributed by atoms with E-state index in [9.17, 15) is 4.79 Å². The first-order valence-corrected chi connectivity index (χ1v) is 8.37. The van der Waals surface area contributed by atoms with Gasteiger partial charge in [0.05, 0.1) is 23.1 Å². The van der Waals surface area contributed by atoms with E-state index in [1.807, 2.05) is 30.3 Å². The molecule has 1 aromatic heterocycles. The molecule has 2 aromatic carbocycles. The molecule has 2 N–H and O–H groups in total. The number of aromatic nitrogens is 2. The monoisotopic (exact) mass is 388 g/mol. The zero-order valence-electron chi connectivity index (χ0n) is 13.4. The first-order valence-electron chi connectivity index (χ1n) is 7.62. The molecule has 1 amide bonds. The van der Waals surface area contributed by atoms with E-state index >= 15 is 0 Å². The molecule has 0 saturated heterocycles. The zero-order valence-corrected chi connectivity index (χ0v) is 15.0. The van der Waals surface area contributed by atoms with Crippen molar-refractivity contribution in [2.75, 3.05) is 6.61 Å². The van der Waals surface area contributed by atoms with Gasteiger partial charge in [-0.1, -0.05) is 53.5 Å². The first-order chi connectivity index (χ1) is 12.6. The lowest BCUT2D eigenvalue weighted by molar-refractivity contribution is -0.123. The zero-order chi connectivity index (χ0) is 18.4. The third-order valence-electron chi connectivity index (χ3n) is 3.38. The van der Waals surface area contributed by atoms with Gasteiger partial charge in [-0.25, -0.2) is 5.43 Å². The molecule has 0 aliphatic carbocycles. The Morgan fingerprint density at radius 3 is 2.81 bits per heavy atom. The maximum absolute atomic E-state index is 11.8. The van der Waals surface area contributed by atoms with E-state index in [1.54, 1.807) is 24.4 Å². The van der Waals surface area contributed by atoms with Crippen molar-refractivity contribution in [2.24, 2.45) is 5.10 Å². The van der Waals surface area contributed by atoms with Gasteiger partial charge in [0, 0.05) is 16.1 Å². The van der Waals surface area contributed by atoms with Crippen molar-refractivity contribution in [1.82, 2.24) is 15.6 Å². The predicted molar refractivity (Wildman–Crippen MR) is 102 cm³/mol.